The zero-order valence-electron chi connectivity index (χ0n) is 19.2. The van der Waals surface area contributed by atoms with Gasteiger partial charge in [-0.3, -0.25) is 9.78 Å². The number of carbonyl (C=O) groups is 2. The van der Waals surface area contributed by atoms with E-state index in [2.05, 4.69) is 10.3 Å². The summed E-state index contributed by atoms with van der Waals surface area (Å²) >= 11 is 0. The van der Waals surface area contributed by atoms with Crippen LogP contribution in [0, 0.1) is 0 Å². The first kappa shape index (κ1) is 23.7. The highest BCUT2D eigenvalue weighted by atomic mass is 16.5. The lowest BCUT2D eigenvalue weighted by atomic mass is 9.94. The number of carbonyl (C=O) groups excluding carboxylic acids is 2. The van der Waals surface area contributed by atoms with Crippen molar-refractivity contribution in [1.82, 2.24) is 4.98 Å². The number of hydrogen-bond acceptors (Lipinski definition) is 5. The molecule has 2 aromatic carbocycles. The Morgan fingerprint density at radius 3 is 2.61 bits per heavy atom. The lowest BCUT2D eigenvalue weighted by Gasteiger charge is -2.18. The monoisotopic (exact) mass is 443 g/mol. The van der Waals surface area contributed by atoms with Gasteiger partial charge in [0.05, 0.1) is 18.0 Å². The molecular formula is C27H29N3O3. The van der Waals surface area contributed by atoms with Gasteiger partial charge < -0.3 is 15.0 Å². The van der Waals surface area contributed by atoms with Gasteiger partial charge in [-0.15, -0.1) is 0 Å². The van der Waals surface area contributed by atoms with Crippen LogP contribution in [0.15, 0.2) is 85.1 Å². The number of nitrogens with zero attached hydrogens (tertiary/aromatic N) is 2. The lowest BCUT2D eigenvalue weighted by molar-refractivity contribution is -0.137. The summed E-state index contributed by atoms with van der Waals surface area (Å²) in [5.74, 6) is -0.880. The molecule has 0 aliphatic heterocycles. The molecule has 1 amide bonds. The van der Waals surface area contributed by atoms with E-state index in [1.807, 2.05) is 79.7 Å². The minimum atomic E-state index is -0.391. The van der Waals surface area contributed by atoms with Crippen molar-refractivity contribution in [3.63, 3.8) is 0 Å². The van der Waals surface area contributed by atoms with Gasteiger partial charge in [-0.05, 0) is 55.3 Å². The summed E-state index contributed by atoms with van der Waals surface area (Å²) in [6.07, 6.45) is 8.85. The number of nitrogens with one attached hydrogen (secondary N) is 1. The fourth-order valence-corrected chi connectivity index (χ4v) is 3.40. The fourth-order valence-electron chi connectivity index (χ4n) is 3.40. The molecule has 170 valence electrons. The maximum absolute atomic E-state index is 13.3. The van der Waals surface area contributed by atoms with E-state index in [9.17, 15) is 9.59 Å². The Balaban J connectivity index is 1.78. The van der Waals surface area contributed by atoms with Crippen LogP contribution >= 0.6 is 0 Å². The Kier molecular flexibility index (Phi) is 8.36. The molecule has 33 heavy (non-hydrogen) atoms. The summed E-state index contributed by atoms with van der Waals surface area (Å²) in [6.45, 7) is 2.10. The van der Waals surface area contributed by atoms with Crippen LogP contribution in [0.1, 0.15) is 24.8 Å². The quantitative estimate of drug-likeness (QED) is 0.283. The van der Waals surface area contributed by atoms with E-state index in [1.165, 1.54) is 6.08 Å². The van der Waals surface area contributed by atoms with E-state index < -0.39 is 5.92 Å². The van der Waals surface area contributed by atoms with Crippen LogP contribution in [-0.2, 0) is 14.3 Å². The molecule has 0 aliphatic carbocycles. The van der Waals surface area contributed by atoms with Crippen molar-refractivity contribution in [2.75, 3.05) is 30.9 Å². The molecule has 0 saturated heterocycles. The minimum Gasteiger partial charge on any atom is -0.463 e. The van der Waals surface area contributed by atoms with Crippen molar-refractivity contribution in [2.24, 2.45) is 0 Å². The molecule has 0 aliphatic rings. The van der Waals surface area contributed by atoms with Crippen molar-refractivity contribution in [3.8, 4) is 0 Å². The Hall–Kier alpha value is -3.93. The minimum absolute atomic E-state index is 0.102. The fraction of sp³-hybridized carbons (Fsp3) is 0.222. The number of fused-ring (bicyclic) bond motifs is 1. The molecule has 1 aromatic heterocycles. The van der Waals surface area contributed by atoms with Crippen molar-refractivity contribution in [2.45, 2.75) is 19.3 Å². The van der Waals surface area contributed by atoms with Crippen LogP contribution < -0.4 is 10.2 Å². The number of allylic oxidation sites excluding steroid dienone is 3. The van der Waals surface area contributed by atoms with Crippen molar-refractivity contribution in [1.29, 1.82) is 0 Å². The van der Waals surface area contributed by atoms with Crippen LogP contribution in [0.4, 0.5) is 11.4 Å². The highest BCUT2D eigenvalue weighted by molar-refractivity contribution is 5.97. The van der Waals surface area contributed by atoms with Crippen molar-refractivity contribution >= 4 is 34.2 Å². The third-order valence-corrected chi connectivity index (χ3v) is 5.14. The number of esters is 1. The van der Waals surface area contributed by atoms with Crippen LogP contribution in [0.2, 0.25) is 0 Å². The van der Waals surface area contributed by atoms with Gasteiger partial charge in [0, 0.05) is 43.1 Å². The molecule has 0 bridgehead atoms. The average molecular weight is 444 g/mol. The molecule has 6 nitrogen and oxygen atoms in total. The lowest BCUT2D eigenvalue weighted by Crippen LogP contribution is -2.21. The molecule has 3 aromatic rings. The van der Waals surface area contributed by atoms with Crippen LogP contribution in [0.3, 0.4) is 0 Å². The molecule has 1 atom stereocenters. The number of amides is 1. The second kappa shape index (κ2) is 11.6. The number of pyridine rings is 1. The maximum Gasteiger partial charge on any atom is 0.330 e. The van der Waals surface area contributed by atoms with E-state index in [1.54, 1.807) is 25.3 Å². The first-order chi connectivity index (χ1) is 16.0. The molecule has 1 heterocycles. The molecule has 0 saturated carbocycles. The normalized spacial score (nSPS) is 12.2. The summed E-state index contributed by atoms with van der Waals surface area (Å²) in [6, 6.07) is 17.5. The van der Waals surface area contributed by atoms with E-state index in [0.29, 0.717) is 13.0 Å². The predicted octanol–water partition coefficient (Wildman–Crippen LogP) is 5.09. The number of rotatable bonds is 9. The van der Waals surface area contributed by atoms with Gasteiger partial charge in [0.1, 0.15) is 0 Å². The van der Waals surface area contributed by atoms with E-state index in [-0.39, 0.29) is 11.9 Å². The van der Waals surface area contributed by atoms with Gasteiger partial charge in [-0.2, -0.15) is 0 Å². The van der Waals surface area contributed by atoms with Crippen LogP contribution in [0.25, 0.3) is 10.9 Å². The number of aromatic nitrogens is 1. The van der Waals surface area contributed by atoms with Gasteiger partial charge in [0.15, 0.2) is 0 Å². The molecule has 6 heteroatoms. The molecule has 0 spiro atoms. The largest absolute Gasteiger partial charge is 0.463 e. The van der Waals surface area contributed by atoms with Crippen molar-refractivity contribution < 1.29 is 14.3 Å². The topological polar surface area (TPSA) is 71.5 Å². The smallest absolute Gasteiger partial charge is 0.330 e. The molecular weight excluding hydrogens is 414 g/mol. The Morgan fingerprint density at radius 2 is 1.88 bits per heavy atom. The Bertz CT molecular complexity index is 1150. The van der Waals surface area contributed by atoms with Gasteiger partial charge in [0.25, 0.3) is 0 Å². The zero-order chi connectivity index (χ0) is 23.6. The highest BCUT2D eigenvalue weighted by Gasteiger charge is 2.20. The number of ether oxygens (including phenoxy) is 1. The van der Waals surface area contributed by atoms with Crippen LogP contribution in [-0.4, -0.2) is 37.6 Å². The van der Waals surface area contributed by atoms with Gasteiger partial charge in [-0.1, -0.05) is 36.4 Å². The van der Waals surface area contributed by atoms with Gasteiger partial charge in [-0.25, -0.2) is 4.79 Å². The summed E-state index contributed by atoms with van der Waals surface area (Å²) in [5, 5.41) is 4.01. The molecule has 0 radical (unpaired) electrons. The summed E-state index contributed by atoms with van der Waals surface area (Å²) < 4.78 is 4.87. The predicted molar refractivity (Wildman–Crippen MR) is 133 cm³/mol. The standard InChI is InChI=1S/C27H29N3O3/c1-4-33-26(31)11-7-5-6-10-24(20-12-15-23(16-13-20)30(2)3)27(32)29-22-14-17-25-21(19-22)9-8-18-28-25/h5-9,11-19,24H,4,10H2,1-3H3,(H,29,32)/t24-/m0/s1. The second-order valence-electron chi connectivity index (χ2n) is 7.71. The molecule has 3 rings (SSSR count). The molecule has 0 unspecified atom stereocenters. The van der Waals surface area contributed by atoms with E-state index in [4.69, 9.17) is 4.74 Å². The van der Waals surface area contributed by atoms with E-state index >= 15 is 0 Å². The summed E-state index contributed by atoms with van der Waals surface area (Å²) in [5.41, 5.74) is 3.58. The van der Waals surface area contributed by atoms with E-state index in [0.717, 1.165) is 27.8 Å². The Morgan fingerprint density at radius 1 is 1.09 bits per heavy atom. The van der Waals surface area contributed by atoms with Gasteiger partial charge in [0.2, 0.25) is 5.91 Å². The average Bonchev–Trinajstić information content (AvgIpc) is 2.81. The second-order valence-corrected chi connectivity index (χ2v) is 7.71. The molecule has 0 fully saturated rings. The van der Waals surface area contributed by atoms with Crippen molar-refractivity contribution in [3.05, 3.63) is 90.7 Å². The third kappa shape index (κ3) is 6.77. The first-order valence-electron chi connectivity index (χ1n) is 10.9. The third-order valence-electron chi connectivity index (χ3n) is 5.14. The Labute approximate surface area is 194 Å². The maximum atomic E-state index is 13.3. The summed E-state index contributed by atoms with van der Waals surface area (Å²) in [7, 11) is 3.96. The number of benzene rings is 2. The number of anilines is 2. The molecule has 1 N–H and O–H groups in total. The number of hydrogen-bond donors (Lipinski definition) is 1. The van der Waals surface area contributed by atoms with Crippen LogP contribution in [0.5, 0.6) is 0 Å². The highest BCUT2D eigenvalue weighted by Crippen LogP contribution is 2.26. The SMILES string of the molecule is CCOC(=O)C=CC=CC[C@H](C(=O)Nc1ccc2ncccc2c1)c1ccc(N(C)C)cc1. The first-order valence-corrected chi connectivity index (χ1v) is 10.9. The van der Waals surface area contributed by atoms with Gasteiger partial charge >= 0.3 is 5.97 Å². The summed E-state index contributed by atoms with van der Waals surface area (Å²) in [4.78, 5) is 31.0. The zero-order valence-corrected chi connectivity index (χ0v) is 19.2.